The fourth-order valence-electron chi connectivity index (χ4n) is 1.45. The Bertz CT molecular complexity index is 417. The molecule has 0 amide bonds. The van der Waals surface area contributed by atoms with E-state index in [2.05, 4.69) is 60.4 Å². The Morgan fingerprint density at radius 3 is 2.52 bits per heavy atom. The first-order valence-corrected chi connectivity index (χ1v) is 7.05. The van der Waals surface area contributed by atoms with Gasteiger partial charge in [0.05, 0.1) is 12.2 Å². The third-order valence-electron chi connectivity index (χ3n) is 3.37. The Kier molecular flexibility index (Phi) is 9.52. The summed E-state index contributed by atoms with van der Waals surface area (Å²) in [4.78, 5) is 11.0. The highest BCUT2D eigenvalue weighted by Gasteiger charge is 2.20. The molecular weight excluding hydrogens is 377 g/mol. The van der Waals surface area contributed by atoms with E-state index in [0.717, 1.165) is 24.7 Å². The molecule has 2 N–H and O–H groups in total. The zero-order chi connectivity index (χ0) is 15.0. The van der Waals surface area contributed by atoms with Crippen LogP contribution >= 0.6 is 24.0 Å². The topological polar surface area (TPSA) is 52.6 Å². The van der Waals surface area contributed by atoms with Crippen molar-refractivity contribution in [3.05, 3.63) is 30.1 Å². The van der Waals surface area contributed by atoms with E-state index in [1.54, 1.807) is 6.20 Å². The molecule has 0 spiro atoms. The van der Waals surface area contributed by atoms with E-state index in [0.29, 0.717) is 6.54 Å². The summed E-state index contributed by atoms with van der Waals surface area (Å²) in [6.07, 6.45) is 1.79. The van der Waals surface area contributed by atoms with Gasteiger partial charge < -0.3 is 15.5 Å². The number of rotatable bonds is 6. The van der Waals surface area contributed by atoms with Gasteiger partial charge in [0.1, 0.15) is 0 Å². The number of pyridine rings is 1. The Morgan fingerprint density at radius 2 is 2.00 bits per heavy atom. The maximum Gasteiger partial charge on any atom is 0.191 e. The van der Waals surface area contributed by atoms with Gasteiger partial charge in [-0.1, -0.05) is 6.07 Å². The van der Waals surface area contributed by atoms with Crippen molar-refractivity contribution >= 4 is 29.9 Å². The average Bonchev–Trinajstić information content (AvgIpc) is 2.43. The summed E-state index contributed by atoms with van der Waals surface area (Å²) in [6, 6.07) is 5.88. The van der Waals surface area contributed by atoms with Crippen molar-refractivity contribution in [1.29, 1.82) is 0 Å². The molecule has 5 nitrogen and oxygen atoms in total. The van der Waals surface area contributed by atoms with Crippen LogP contribution in [0.1, 0.15) is 26.5 Å². The monoisotopic (exact) mass is 405 g/mol. The number of guanidine groups is 1. The lowest BCUT2D eigenvalue weighted by Crippen LogP contribution is -2.50. The average molecular weight is 405 g/mol. The van der Waals surface area contributed by atoms with E-state index < -0.39 is 0 Å². The molecule has 0 atom stereocenters. The fourth-order valence-corrected chi connectivity index (χ4v) is 1.45. The predicted octanol–water partition coefficient (Wildman–Crippen LogP) is 2.09. The summed E-state index contributed by atoms with van der Waals surface area (Å²) >= 11 is 0. The van der Waals surface area contributed by atoms with Gasteiger partial charge in [-0.2, -0.15) is 0 Å². The van der Waals surface area contributed by atoms with Gasteiger partial charge in [0.25, 0.3) is 0 Å². The summed E-state index contributed by atoms with van der Waals surface area (Å²) < 4.78 is 0. The first-order valence-electron chi connectivity index (χ1n) is 7.05. The zero-order valence-electron chi connectivity index (χ0n) is 13.7. The standard InChI is InChI=1S/C15H27N5.HI/c1-6-16-14(19-12-15(2,3)20(4)5)18-11-13-9-7-8-10-17-13;/h7-10H,6,11-12H2,1-5H3,(H2,16,18,19);1H. The fraction of sp³-hybridized carbons (Fsp3) is 0.600. The highest BCUT2D eigenvalue weighted by Crippen LogP contribution is 2.07. The van der Waals surface area contributed by atoms with Gasteiger partial charge in [-0.15, -0.1) is 24.0 Å². The van der Waals surface area contributed by atoms with Gasteiger partial charge in [-0.25, -0.2) is 4.99 Å². The van der Waals surface area contributed by atoms with Gasteiger partial charge in [-0.3, -0.25) is 4.98 Å². The van der Waals surface area contributed by atoms with Gasteiger partial charge in [0.15, 0.2) is 5.96 Å². The molecule has 120 valence electrons. The Labute approximate surface area is 145 Å². The number of nitrogens with one attached hydrogen (secondary N) is 2. The van der Waals surface area contributed by atoms with Crippen molar-refractivity contribution in [3.8, 4) is 0 Å². The smallest absolute Gasteiger partial charge is 0.191 e. The lowest BCUT2D eigenvalue weighted by molar-refractivity contribution is 0.197. The van der Waals surface area contributed by atoms with Crippen LogP contribution in [-0.4, -0.2) is 48.6 Å². The number of aliphatic imine (C=N–C) groups is 1. The van der Waals surface area contributed by atoms with Crippen LogP contribution < -0.4 is 10.6 Å². The first-order chi connectivity index (χ1) is 9.45. The number of likely N-dealkylation sites (N-methyl/N-ethyl adjacent to an activating group) is 1. The summed E-state index contributed by atoms with van der Waals surface area (Å²) in [5.41, 5.74) is 1.04. The van der Waals surface area contributed by atoms with Gasteiger partial charge in [0, 0.05) is 24.8 Å². The maximum absolute atomic E-state index is 4.56. The first kappa shape index (κ1) is 20.1. The molecule has 0 aliphatic heterocycles. The molecule has 0 saturated heterocycles. The molecule has 0 fully saturated rings. The number of halogens is 1. The van der Waals surface area contributed by atoms with Gasteiger partial charge in [-0.05, 0) is 47.0 Å². The molecule has 0 aliphatic carbocycles. The van der Waals surface area contributed by atoms with Crippen molar-refractivity contribution in [1.82, 2.24) is 20.5 Å². The zero-order valence-corrected chi connectivity index (χ0v) is 16.0. The lowest BCUT2D eigenvalue weighted by atomic mass is 10.0. The minimum atomic E-state index is 0. The summed E-state index contributed by atoms with van der Waals surface area (Å²) in [5.74, 6) is 0.827. The van der Waals surface area contributed by atoms with Crippen LogP contribution in [0.15, 0.2) is 29.4 Å². The van der Waals surface area contributed by atoms with Crippen LogP contribution in [0, 0.1) is 0 Å². The predicted molar refractivity (Wildman–Crippen MR) is 100 cm³/mol. The molecule has 0 saturated carbocycles. The van der Waals surface area contributed by atoms with Crippen molar-refractivity contribution in [2.45, 2.75) is 32.9 Å². The van der Waals surface area contributed by atoms with E-state index in [1.807, 2.05) is 18.2 Å². The van der Waals surface area contributed by atoms with Crippen LogP contribution in [0.3, 0.4) is 0 Å². The van der Waals surface area contributed by atoms with Crippen LogP contribution in [0.25, 0.3) is 0 Å². The summed E-state index contributed by atoms with van der Waals surface area (Å²) in [5, 5.41) is 6.64. The second-order valence-electron chi connectivity index (χ2n) is 5.58. The Balaban J connectivity index is 0.00000400. The molecule has 0 unspecified atom stereocenters. The van der Waals surface area contributed by atoms with Crippen LogP contribution in [0.5, 0.6) is 0 Å². The lowest BCUT2D eigenvalue weighted by Gasteiger charge is -2.33. The maximum atomic E-state index is 4.56. The minimum Gasteiger partial charge on any atom is -0.357 e. The quantitative estimate of drug-likeness (QED) is 0.433. The minimum absolute atomic E-state index is 0. The largest absolute Gasteiger partial charge is 0.357 e. The molecule has 1 rings (SSSR count). The van der Waals surface area contributed by atoms with Gasteiger partial charge in [0.2, 0.25) is 0 Å². The van der Waals surface area contributed by atoms with E-state index in [4.69, 9.17) is 0 Å². The molecule has 0 radical (unpaired) electrons. The van der Waals surface area contributed by atoms with Crippen molar-refractivity contribution in [2.75, 3.05) is 27.2 Å². The number of hydrogen-bond acceptors (Lipinski definition) is 3. The van der Waals surface area contributed by atoms with Crippen molar-refractivity contribution in [2.24, 2.45) is 4.99 Å². The van der Waals surface area contributed by atoms with E-state index in [1.165, 1.54) is 0 Å². The highest BCUT2D eigenvalue weighted by atomic mass is 127. The van der Waals surface area contributed by atoms with Gasteiger partial charge >= 0.3 is 0 Å². The Morgan fingerprint density at radius 1 is 1.29 bits per heavy atom. The molecular formula is C15H28IN5. The molecule has 1 aromatic rings. The summed E-state index contributed by atoms with van der Waals surface area (Å²) in [7, 11) is 4.17. The van der Waals surface area contributed by atoms with E-state index in [9.17, 15) is 0 Å². The van der Waals surface area contributed by atoms with Crippen LogP contribution in [-0.2, 0) is 6.54 Å². The SMILES string of the molecule is CCNC(=NCc1ccccn1)NCC(C)(C)N(C)C.I. The molecule has 0 bridgehead atoms. The van der Waals surface area contributed by atoms with E-state index in [-0.39, 0.29) is 29.5 Å². The van der Waals surface area contributed by atoms with E-state index >= 15 is 0 Å². The number of hydrogen-bond donors (Lipinski definition) is 2. The molecule has 6 heteroatoms. The van der Waals surface area contributed by atoms with Crippen LogP contribution in [0.2, 0.25) is 0 Å². The third kappa shape index (κ3) is 7.61. The third-order valence-corrected chi connectivity index (χ3v) is 3.37. The summed E-state index contributed by atoms with van der Waals surface area (Å²) in [6.45, 7) is 8.71. The molecule has 21 heavy (non-hydrogen) atoms. The number of nitrogens with zero attached hydrogens (tertiary/aromatic N) is 3. The second-order valence-corrected chi connectivity index (χ2v) is 5.58. The van der Waals surface area contributed by atoms with Crippen molar-refractivity contribution in [3.63, 3.8) is 0 Å². The molecule has 1 heterocycles. The molecule has 0 aliphatic rings. The van der Waals surface area contributed by atoms with Crippen molar-refractivity contribution < 1.29 is 0 Å². The highest BCUT2D eigenvalue weighted by molar-refractivity contribution is 14.0. The second kappa shape index (κ2) is 9.94. The Hall–Kier alpha value is -0.890. The normalized spacial score (nSPS) is 12.0. The van der Waals surface area contributed by atoms with Crippen LogP contribution in [0.4, 0.5) is 0 Å². The molecule has 1 aromatic heterocycles. The number of aromatic nitrogens is 1. The molecule has 0 aromatic carbocycles.